The van der Waals surface area contributed by atoms with Crippen LogP contribution in [0.2, 0.25) is 0 Å². The predicted molar refractivity (Wildman–Crippen MR) is 41.6 cm³/mol. The first kappa shape index (κ1) is 8.77. The van der Waals surface area contributed by atoms with Crippen LogP contribution >= 0.6 is 0 Å². The number of hydrogen-bond acceptors (Lipinski definition) is 1. The third kappa shape index (κ3) is 2.36. The number of hydrogen-bond donors (Lipinski definition) is 1. The molecule has 0 bridgehead atoms. The fraction of sp³-hybridized carbons (Fsp3) is 0.375. The molecule has 54 valence electrons. The molecular weight excluding hydrogens is 124 g/mol. The van der Waals surface area contributed by atoms with Gasteiger partial charge in [-0.3, -0.25) is 0 Å². The molecule has 10 heavy (non-hydrogen) atoms. The van der Waals surface area contributed by atoms with E-state index >= 15 is 0 Å². The first-order chi connectivity index (χ1) is 4.83. The van der Waals surface area contributed by atoms with Crippen LogP contribution in [0.4, 0.5) is 0 Å². The highest BCUT2D eigenvalue weighted by molar-refractivity contribution is 5.25. The molecular formula is C8H12N2. The number of nitrogens with zero attached hydrogens (tertiary/aromatic N) is 1. The van der Waals surface area contributed by atoms with Crippen molar-refractivity contribution < 1.29 is 0 Å². The second-order valence-electron chi connectivity index (χ2n) is 1.70. The molecule has 0 aliphatic carbocycles. The lowest BCUT2D eigenvalue weighted by Crippen LogP contribution is -1.64. The van der Waals surface area contributed by atoms with Gasteiger partial charge in [-0.15, -0.1) is 0 Å². The van der Waals surface area contributed by atoms with Gasteiger partial charge in [0.1, 0.15) is 11.8 Å². The quantitative estimate of drug-likeness (QED) is 0.583. The summed E-state index contributed by atoms with van der Waals surface area (Å²) in [5, 5.41) is 8.27. The third-order valence-corrected chi connectivity index (χ3v) is 0.948. The van der Waals surface area contributed by atoms with Crippen LogP contribution in [-0.4, -0.2) is 4.98 Å². The average molecular weight is 136 g/mol. The minimum atomic E-state index is 0.627. The van der Waals surface area contributed by atoms with Crippen molar-refractivity contribution in [1.29, 1.82) is 5.26 Å². The first-order valence-corrected chi connectivity index (χ1v) is 3.38. The molecule has 0 radical (unpaired) electrons. The Morgan fingerprint density at radius 3 is 2.30 bits per heavy atom. The molecule has 0 aromatic carbocycles. The van der Waals surface area contributed by atoms with Crippen LogP contribution in [-0.2, 0) is 0 Å². The maximum absolute atomic E-state index is 8.27. The van der Waals surface area contributed by atoms with Crippen LogP contribution in [0, 0.1) is 18.3 Å². The maximum atomic E-state index is 8.27. The van der Waals surface area contributed by atoms with Crippen LogP contribution < -0.4 is 0 Å². The Morgan fingerprint density at radius 1 is 1.50 bits per heavy atom. The molecule has 2 nitrogen and oxygen atoms in total. The molecule has 1 aromatic rings. The second kappa shape index (κ2) is 4.63. The molecule has 1 heterocycles. The fourth-order valence-electron chi connectivity index (χ4n) is 0.567. The highest BCUT2D eigenvalue weighted by Gasteiger charge is 1.88. The average Bonchev–Trinajstić information content (AvgIpc) is 2.40. The van der Waals surface area contributed by atoms with E-state index in [0.717, 1.165) is 5.56 Å². The summed E-state index contributed by atoms with van der Waals surface area (Å²) in [4.78, 5) is 2.79. The Labute approximate surface area is 61.5 Å². The number of H-pyrrole nitrogens is 1. The van der Waals surface area contributed by atoms with E-state index in [0.29, 0.717) is 5.69 Å². The molecule has 0 amide bonds. The zero-order chi connectivity index (χ0) is 7.98. The molecule has 1 rings (SSSR count). The van der Waals surface area contributed by atoms with Crippen LogP contribution in [0.1, 0.15) is 25.1 Å². The van der Waals surface area contributed by atoms with Crippen molar-refractivity contribution in [3.8, 4) is 6.07 Å². The summed E-state index contributed by atoms with van der Waals surface area (Å²) in [6, 6.07) is 3.80. The monoisotopic (exact) mass is 136 g/mol. The zero-order valence-corrected chi connectivity index (χ0v) is 6.60. The molecule has 0 spiro atoms. The highest BCUT2D eigenvalue weighted by Crippen LogP contribution is 1.97. The first-order valence-electron chi connectivity index (χ1n) is 3.38. The number of aromatic nitrogens is 1. The van der Waals surface area contributed by atoms with Crippen molar-refractivity contribution in [2.75, 3.05) is 0 Å². The molecule has 1 N–H and O–H groups in total. The van der Waals surface area contributed by atoms with Gasteiger partial charge in [0.15, 0.2) is 0 Å². The van der Waals surface area contributed by atoms with Crippen molar-refractivity contribution in [3.05, 3.63) is 23.5 Å². The van der Waals surface area contributed by atoms with E-state index in [-0.39, 0.29) is 0 Å². The van der Waals surface area contributed by atoms with Gasteiger partial charge in [0.05, 0.1) is 0 Å². The van der Waals surface area contributed by atoms with E-state index < -0.39 is 0 Å². The Hall–Kier alpha value is -1.23. The zero-order valence-electron chi connectivity index (χ0n) is 6.60. The Balaban J connectivity index is 0.000000371. The number of aromatic amines is 1. The summed E-state index contributed by atoms with van der Waals surface area (Å²) in [6.45, 7) is 5.94. The minimum absolute atomic E-state index is 0.627. The molecule has 1 aromatic heterocycles. The third-order valence-electron chi connectivity index (χ3n) is 0.948. The number of nitriles is 1. The summed E-state index contributed by atoms with van der Waals surface area (Å²) >= 11 is 0. The molecule has 0 unspecified atom stereocenters. The van der Waals surface area contributed by atoms with Crippen molar-refractivity contribution in [1.82, 2.24) is 4.98 Å². The molecule has 0 atom stereocenters. The smallest absolute Gasteiger partial charge is 0.117 e. The van der Waals surface area contributed by atoms with Crippen LogP contribution in [0.3, 0.4) is 0 Å². The van der Waals surface area contributed by atoms with Gasteiger partial charge in [0.25, 0.3) is 0 Å². The van der Waals surface area contributed by atoms with Crippen molar-refractivity contribution >= 4 is 0 Å². The Bertz CT molecular complexity index is 217. The van der Waals surface area contributed by atoms with E-state index in [1.165, 1.54) is 0 Å². The van der Waals surface area contributed by atoms with E-state index in [2.05, 4.69) is 4.98 Å². The van der Waals surface area contributed by atoms with E-state index in [1.54, 1.807) is 12.3 Å². The van der Waals surface area contributed by atoms with Crippen molar-refractivity contribution in [2.24, 2.45) is 0 Å². The minimum Gasteiger partial charge on any atom is -0.353 e. The van der Waals surface area contributed by atoms with Gasteiger partial charge in [-0.2, -0.15) is 5.26 Å². The van der Waals surface area contributed by atoms with E-state index in [9.17, 15) is 0 Å². The lowest BCUT2D eigenvalue weighted by molar-refractivity contribution is 1.33. The lowest BCUT2D eigenvalue weighted by Gasteiger charge is -1.68. The standard InChI is InChI=1S/C6H6N2.C2H6/c1-5-2-6(3-7)8-4-5;1-2/h2,4,8H,1H3;1-2H3. The van der Waals surface area contributed by atoms with Gasteiger partial charge in [0, 0.05) is 6.20 Å². The molecule has 0 fully saturated rings. The lowest BCUT2D eigenvalue weighted by atomic mass is 10.3. The molecule has 0 saturated heterocycles. The summed E-state index contributed by atoms with van der Waals surface area (Å²) in [6.07, 6.45) is 1.80. The van der Waals surface area contributed by atoms with Gasteiger partial charge in [-0.25, -0.2) is 0 Å². The summed E-state index contributed by atoms with van der Waals surface area (Å²) in [7, 11) is 0. The SMILES string of the molecule is CC.Cc1c[nH]c(C#N)c1. The maximum Gasteiger partial charge on any atom is 0.117 e. The van der Waals surface area contributed by atoms with Gasteiger partial charge in [-0.05, 0) is 18.6 Å². The van der Waals surface area contributed by atoms with Crippen LogP contribution in [0.15, 0.2) is 12.3 Å². The van der Waals surface area contributed by atoms with Gasteiger partial charge >= 0.3 is 0 Å². The van der Waals surface area contributed by atoms with Gasteiger partial charge in [-0.1, -0.05) is 13.8 Å². The number of aryl methyl sites for hydroxylation is 1. The summed E-state index contributed by atoms with van der Waals surface area (Å²) in [5.41, 5.74) is 1.73. The molecule has 2 heteroatoms. The van der Waals surface area contributed by atoms with E-state index in [4.69, 9.17) is 5.26 Å². The molecule has 0 saturated carbocycles. The van der Waals surface area contributed by atoms with Crippen LogP contribution in [0.25, 0.3) is 0 Å². The Morgan fingerprint density at radius 2 is 2.10 bits per heavy atom. The summed E-state index contributed by atoms with van der Waals surface area (Å²) in [5.74, 6) is 0. The van der Waals surface area contributed by atoms with Gasteiger partial charge in [0.2, 0.25) is 0 Å². The summed E-state index contributed by atoms with van der Waals surface area (Å²) < 4.78 is 0. The van der Waals surface area contributed by atoms with Crippen molar-refractivity contribution in [2.45, 2.75) is 20.8 Å². The van der Waals surface area contributed by atoms with Crippen LogP contribution in [0.5, 0.6) is 0 Å². The topological polar surface area (TPSA) is 39.6 Å². The number of nitrogens with one attached hydrogen (secondary N) is 1. The Kier molecular flexibility index (Phi) is 4.06. The van der Waals surface area contributed by atoms with E-state index in [1.807, 2.05) is 26.8 Å². The molecule has 0 aliphatic rings. The largest absolute Gasteiger partial charge is 0.353 e. The second-order valence-corrected chi connectivity index (χ2v) is 1.70. The predicted octanol–water partition coefficient (Wildman–Crippen LogP) is 2.22. The van der Waals surface area contributed by atoms with Crippen molar-refractivity contribution in [3.63, 3.8) is 0 Å². The highest BCUT2D eigenvalue weighted by atomic mass is 14.7. The normalized spacial score (nSPS) is 7.40. The fourth-order valence-corrected chi connectivity index (χ4v) is 0.567. The van der Waals surface area contributed by atoms with Gasteiger partial charge < -0.3 is 4.98 Å². The molecule has 0 aliphatic heterocycles. The number of rotatable bonds is 0.